The van der Waals surface area contributed by atoms with Gasteiger partial charge < -0.3 is 19.7 Å². The summed E-state index contributed by atoms with van der Waals surface area (Å²) < 4.78 is 10.9. The van der Waals surface area contributed by atoms with Crippen LogP contribution in [0.15, 0.2) is 24.4 Å². The lowest BCUT2D eigenvalue weighted by Crippen LogP contribution is -2.47. The number of aromatic nitrogens is 1. The van der Waals surface area contributed by atoms with E-state index in [1.807, 2.05) is 6.07 Å². The monoisotopic (exact) mass is 374 g/mol. The summed E-state index contributed by atoms with van der Waals surface area (Å²) in [5.74, 6) is 1.59. The zero-order valence-corrected chi connectivity index (χ0v) is 15.7. The third-order valence-corrected chi connectivity index (χ3v) is 5.78. The first-order valence-corrected chi connectivity index (χ1v) is 9.54. The second-order valence-electron chi connectivity index (χ2n) is 6.50. The zero-order chi connectivity index (χ0) is 18.1. The fourth-order valence-electron chi connectivity index (χ4n) is 3.33. The number of benzene rings is 1. The van der Waals surface area contributed by atoms with E-state index in [1.165, 1.54) is 23.8 Å². The largest absolute Gasteiger partial charge is 0.454 e. The van der Waals surface area contributed by atoms with Crippen molar-refractivity contribution in [2.24, 2.45) is 0 Å². The number of piperazine rings is 1. The molecule has 1 N–H and O–H groups in total. The summed E-state index contributed by atoms with van der Waals surface area (Å²) in [5, 5.41) is 4.55. The Labute approximate surface area is 156 Å². The van der Waals surface area contributed by atoms with Crippen LogP contribution in [0.25, 0.3) is 0 Å². The summed E-state index contributed by atoms with van der Waals surface area (Å²) in [6, 6.07) is 6.51. The molecule has 1 aromatic carbocycles. The number of fused-ring (bicyclic) bond motifs is 1. The fourth-order valence-corrected chi connectivity index (χ4v) is 4.24. The summed E-state index contributed by atoms with van der Waals surface area (Å²) in [4.78, 5) is 20.3. The van der Waals surface area contributed by atoms with Crippen LogP contribution in [0.3, 0.4) is 0 Å². The predicted octanol–water partition coefficient (Wildman–Crippen LogP) is 2.71. The number of hydrogen-bond acceptors (Lipinski definition) is 7. The van der Waals surface area contributed by atoms with Gasteiger partial charge in [-0.25, -0.2) is 4.98 Å². The predicted molar refractivity (Wildman–Crippen MR) is 101 cm³/mol. The average Bonchev–Trinajstić information content (AvgIpc) is 3.29. The van der Waals surface area contributed by atoms with Crippen LogP contribution in [0, 0.1) is 0 Å². The van der Waals surface area contributed by atoms with Gasteiger partial charge in [0, 0.05) is 39.1 Å². The number of anilines is 2. The second kappa shape index (κ2) is 7.13. The van der Waals surface area contributed by atoms with Crippen molar-refractivity contribution >= 4 is 27.4 Å². The van der Waals surface area contributed by atoms with E-state index in [0.29, 0.717) is 12.8 Å². The molecule has 1 atom stereocenters. The van der Waals surface area contributed by atoms with E-state index in [-0.39, 0.29) is 5.91 Å². The minimum atomic E-state index is -0.0671. The molecule has 4 rings (SSSR count). The van der Waals surface area contributed by atoms with Gasteiger partial charge >= 0.3 is 0 Å². The Morgan fingerprint density at radius 3 is 2.77 bits per heavy atom. The van der Waals surface area contributed by atoms with E-state index < -0.39 is 0 Å². The highest BCUT2D eigenvalue weighted by Crippen LogP contribution is 2.36. The molecule has 1 aromatic heterocycles. The van der Waals surface area contributed by atoms with E-state index in [9.17, 15) is 4.79 Å². The zero-order valence-electron chi connectivity index (χ0n) is 14.9. The third-order valence-electron chi connectivity index (χ3n) is 4.80. The SMILES string of the molecule is CC(=O)Nc1cnc(N2CCN(C(C)c3ccc4c(c3)OCO4)CC2)s1. The molecule has 2 aromatic rings. The molecule has 0 radical (unpaired) electrons. The van der Waals surface area contributed by atoms with Gasteiger partial charge in [-0.15, -0.1) is 0 Å². The van der Waals surface area contributed by atoms with Gasteiger partial charge in [0.2, 0.25) is 12.7 Å². The topological polar surface area (TPSA) is 66.9 Å². The van der Waals surface area contributed by atoms with Gasteiger partial charge in [-0.1, -0.05) is 17.4 Å². The maximum atomic E-state index is 11.2. The van der Waals surface area contributed by atoms with Gasteiger partial charge in [0.15, 0.2) is 16.6 Å². The van der Waals surface area contributed by atoms with E-state index in [1.54, 1.807) is 6.20 Å². The fraction of sp³-hybridized carbons (Fsp3) is 0.444. The normalized spacial score (nSPS) is 18.0. The molecule has 0 saturated carbocycles. The van der Waals surface area contributed by atoms with Crippen molar-refractivity contribution in [3.05, 3.63) is 30.0 Å². The minimum absolute atomic E-state index is 0.0671. The van der Waals surface area contributed by atoms with Gasteiger partial charge in [-0.3, -0.25) is 9.69 Å². The molecule has 1 amide bonds. The van der Waals surface area contributed by atoms with Gasteiger partial charge in [0.25, 0.3) is 0 Å². The van der Waals surface area contributed by atoms with Crippen molar-refractivity contribution in [2.45, 2.75) is 19.9 Å². The molecule has 1 saturated heterocycles. The number of rotatable bonds is 4. The van der Waals surface area contributed by atoms with Crippen LogP contribution < -0.4 is 19.7 Å². The summed E-state index contributed by atoms with van der Waals surface area (Å²) >= 11 is 1.52. The lowest BCUT2D eigenvalue weighted by atomic mass is 10.1. The molecule has 1 unspecified atom stereocenters. The standard InChI is InChI=1S/C18H22N4O3S/c1-12(14-3-4-15-16(9-14)25-11-24-15)21-5-7-22(8-6-21)18-19-10-17(26-18)20-13(2)23/h3-4,9-10,12H,5-8,11H2,1-2H3,(H,20,23). The second-order valence-corrected chi connectivity index (χ2v) is 7.51. The number of hydrogen-bond donors (Lipinski definition) is 1. The summed E-state index contributed by atoms with van der Waals surface area (Å²) in [6.07, 6.45) is 1.73. The van der Waals surface area contributed by atoms with E-state index in [4.69, 9.17) is 9.47 Å². The molecule has 0 spiro atoms. The summed E-state index contributed by atoms with van der Waals surface area (Å²) in [7, 11) is 0. The molecular weight excluding hydrogens is 352 g/mol. The first-order valence-electron chi connectivity index (χ1n) is 8.72. The summed E-state index contributed by atoms with van der Waals surface area (Å²) in [6.45, 7) is 7.81. The van der Waals surface area contributed by atoms with Crippen molar-refractivity contribution in [1.82, 2.24) is 9.88 Å². The molecule has 1 fully saturated rings. The number of nitrogens with one attached hydrogen (secondary N) is 1. The van der Waals surface area contributed by atoms with Gasteiger partial charge in [-0.2, -0.15) is 0 Å². The molecule has 26 heavy (non-hydrogen) atoms. The molecule has 2 aliphatic heterocycles. The van der Waals surface area contributed by atoms with Crippen molar-refractivity contribution < 1.29 is 14.3 Å². The molecule has 3 heterocycles. The molecule has 2 aliphatic rings. The van der Waals surface area contributed by atoms with E-state index in [2.05, 4.69) is 39.2 Å². The van der Waals surface area contributed by atoms with Gasteiger partial charge in [0.1, 0.15) is 5.00 Å². The third kappa shape index (κ3) is 3.47. The molecule has 0 aliphatic carbocycles. The van der Waals surface area contributed by atoms with Crippen molar-refractivity contribution in [3.63, 3.8) is 0 Å². The lowest BCUT2D eigenvalue weighted by Gasteiger charge is -2.38. The average molecular weight is 374 g/mol. The number of amides is 1. The highest BCUT2D eigenvalue weighted by Gasteiger charge is 2.25. The lowest BCUT2D eigenvalue weighted by molar-refractivity contribution is -0.114. The van der Waals surface area contributed by atoms with Crippen LogP contribution in [0.2, 0.25) is 0 Å². The molecular formula is C18H22N4O3S. The van der Waals surface area contributed by atoms with Crippen LogP contribution in [-0.4, -0.2) is 48.8 Å². The Kier molecular flexibility index (Phi) is 4.69. The van der Waals surface area contributed by atoms with Crippen molar-refractivity contribution in [3.8, 4) is 11.5 Å². The highest BCUT2D eigenvalue weighted by molar-refractivity contribution is 7.19. The Morgan fingerprint density at radius 1 is 1.23 bits per heavy atom. The number of thiazole rings is 1. The first kappa shape index (κ1) is 17.1. The van der Waals surface area contributed by atoms with E-state index >= 15 is 0 Å². The molecule has 0 bridgehead atoms. The van der Waals surface area contributed by atoms with Gasteiger partial charge in [0.05, 0.1) is 6.20 Å². The maximum Gasteiger partial charge on any atom is 0.231 e. The number of carbonyl (C=O) groups is 1. The van der Waals surface area contributed by atoms with Crippen molar-refractivity contribution in [1.29, 1.82) is 0 Å². The number of carbonyl (C=O) groups excluding carboxylic acids is 1. The smallest absolute Gasteiger partial charge is 0.231 e. The minimum Gasteiger partial charge on any atom is -0.454 e. The number of ether oxygens (including phenoxy) is 2. The quantitative estimate of drug-likeness (QED) is 0.888. The van der Waals surface area contributed by atoms with Crippen LogP contribution >= 0.6 is 11.3 Å². The molecule has 7 nitrogen and oxygen atoms in total. The number of nitrogens with zero attached hydrogens (tertiary/aromatic N) is 3. The van der Waals surface area contributed by atoms with Crippen LogP contribution in [0.5, 0.6) is 11.5 Å². The Morgan fingerprint density at radius 2 is 2.00 bits per heavy atom. The summed E-state index contributed by atoms with van der Waals surface area (Å²) in [5.41, 5.74) is 1.24. The Hall–Kier alpha value is -2.32. The first-order chi connectivity index (χ1) is 12.6. The van der Waals surface area contributed by atoms with Crippen LogP contribution in [0.1, 0.15) is 25.5 Å². The van der Waals surface area contributed by atoms with Crippen LogP contribution in [-0.2, 0) is 4.79 Å². The molecule has 8 heteroatoms. The van der Waals surface area contributed by atoms with Gasteiger partial charge in [-0.05, 0) is 24.6 Å². The van der Waals surface area contributed by atoms with E-state index in [0.717, 1.165) is 47.8 Å². The maximum absolute atomic E-state index is 11.2. The molecule has 138 valence electrons. The van der Waals surface area contributed by atoms with Crippen molar-refractivity contribution in [2.75, 3.05) is 43.2 Å². The van der Waals surface area contributed by atoms with Crippen LogP contribution in [0.4, 0.5) is 10.1 Å². The highest BCUT2D eigenvalue weighted by atomic mass is 32.1. The Balaban J connectivity index is 1.37. The Bertz CT molecular complexity index is 801.